The standard InChI is InChI=1S/C30H39N5OS3/c1-6-12-35-27(23-16-37-24-13-18(3)8-10-21(23)24)33-34-29(35)38-17-26(36)32-28-22(15-31)20-11-9-19(14-25(20)39-28)30(4,5)7-2/h16,18-19H,6-14,17H2,1-5H3,(H,32,36). The number of fused-ring (bicyclic) bond motifs is 2. The summed E-state index contributed by atoms with van der Waals surface area (Å²) in [5.74, 6) is 2.40. The lowest BCUT2D eigenvalue weighted by atomic mass is 9.69. The van der Waals surface area contributed by atoms with Gasteiger partial charge in [0.25, 0.3) is 0 Å². The zero-order valence-corrected chi connectivity index (χ0v) is 26.2. The molecule has 1 amide bonds. The summed E-state index contributed by atoms with van der Waals surface area (Å²) < 4.78 is 2.18. The van der Waals surface area contributed by atoms with E-state index in [0.29, 0.717) is 16.5 Å². The molecule has 0 radical (unpaired) electrons. The van der Waals surface area contributed by atoms with E-state index in [2.05, 4.69) is 66.1 Å². The third-order valence-corrected chi connectivity index (χ3v) is 12.0. The van der Waals surface area contributed by atoms with Gasteiger partial charge in [0.05, 0.1) is 11.3 Å². The maximum atomic E-state index is 13.1. The highest BCUT2D eigenvalue weighted by atomic mass is 32.2. The van der Waals surface area contributed by atoms with E-state index >= 15 is 0 Å². The minimum Gasteiger partial charge on any atom is -0.316 e. The van der Waals surface area contributed by atoms with Gasteiger partial charge in [0.2, 0.25) is 5.91 Å². The number of amides is 1. The van der Waals surface area contributed by atoms with Crippen molar-refractivity contribution in [2.45, 2.75) is 97.7 Å². The number of hydrogen-bond acceptors (Lipinski definition) is 7. The highest BCUT2D eigenvalue weighted by Crippen LogP contribution is 2.45. The van der Waals surface area contributed by atoms with Crippen molar-refractivity contribution in [3.8, 4) is 17.5 Å². The van der Waals surface area contributed by atoms with Gasteiger partial charge in [-0.25, -0.2) is 0 Å². The SMILES string of the molecule is CCCn1c(SCC(=O)Nc2sc3c(c2C#N)CCC(C(C)(C)CC)C3)nnc1-c1csc2c1CCC(C)C2. The minimum absolute atomic E-state index is 0.102. The molecular formula is C30H39N5OS3. The summed E-state index contributed by atoms with van der Waals surface area (Å²) in [5.41, 5.74) is 4.74. The van der Waals surface area contributed by atoms with Crippen LogP contribution in [0.4, 0.5) is 5.00 Å². The molecule has 3 heterocycles. The average Bonchev–Trinajstić information content (AvgIpc) is 3.61. The predicted molar refractivity (Wildman–Crippen MR) is 163 cm³/mol. The molecule has 1 N–H and O–H groups in total. The van der Waals surface area contributed by atoms with Gasteiger partial charge in [-0.1, -0.05) is 52.8 Å². The van der Waals surface area contributed by atoms with Gasteiger partial charge in [0.1, 0.15) is 11.1 Å². The fourth-order valence-corrected chi connectivity index (χ4v) is 9.23. The first-order chi connectivity index (χ1) is 18.7. The number of nitrogens with zero attached hydrogens (tertiary/aromatic N) is 4. The highest BCUT2D eigenvalue weighted by molar-refractivity contribution is 7.99. The Morgan fingerprint density at radius 1 is 1.21 bits per heavy atom. The van der Waals surface area contributed by atoms with Crippen molar-refractivity contribution in [1.29, 1.82) is 5.26 Å². The molecular weight excluding hydrogens is 543 g/mol. The van der Waals surface area contributed by atoms with E-state index in [-0.39, 0.29) is 17.1 Å². The summed E-state index contributed by atoms with van der Waals surface area (Å²) in [4.78, 5) is 15.8. The van der Waals surface area contributed by atoms with Crippen LogP contribution in [0.2, 0.25) is 0 Å². The van der Waals surface area contributed by atoms with Gasteiger partial charge >= 0.3 is 0 Å². The summed E-state index contributed by atoms with van der Waals surface area (Å²) in [6.07, 6.45) is 8.59. The molecule has 0 spiro atoms. The minimum atomic E-state index is -0.102. The molecule has 2 aliphatic rings. The number of carbonyl (C=O) groups is 1. The highest BCUT2D eigenvalue weighted by Gasteiger charge is 2.34. The first-order valence-corrected chi connectivity index (χ1v) is 16.9. The fourth-order valence-electron chi connectivity index (χ4n) is 5.93. The summed E-state index contributed by atoms with van der Waals surface area (Å²) in [7, 11) is 0. The Morgan fingerprint density at radius 3 is 2.74 bits per heavy atom. The molecule has 3 aromatic heterocycles. The monoisotopic (exact) mass is 581 g/mol. The molecule has 0 aliphatic heterocycles. The van der Waals surface area contributed by atoms with Crippen molar-refractivity contribution >= 4 is 45.3 Å². The number of rotatable bonds is 9. The van der Waals surface area contributed by atoms with Crippen LogP contribution in [0.15, 0.2) is 10.5 Å². The Hall–Kier alpha value is -2.15. The molecule has 9 heteroatoms. The van der Waals surface area contributed by atoms with Gasteiger partial charge in [-0.2, -0.15) is 5.26 Å². The van der Waals surface area contributed by atoms with E-state index in [1.807, 2.05) is 11.3 Å². The van der Waals surface area contributed by atoms with Gasteiger partial charge in [0, 0.05) is 27.2 Å². The molecule has 0 aromatic carbocycles. The lowest BCUT2D eigenvalue weighted by Gasteiger charge is -2.36. The molecule has 0 saturated heterocycles. The number of nitriles is 1. The van der Waals surface area contributed by atoms with E-state index in [0.717, 1.165) is 74.0 Å². The van der Waals surface area contributed by atoms with Crippen LogP contribution in [-0.4, -0.2) is 26.4 Å². The van der Waals surface area contributed by atoms with Crippen molar-refractivity contribution in [2.24, 2.45) is 17.3 Å². The van der Waals surface area contributed by atoms with Crippen molar-refractivity contribution in [1.82, 2.24) is 14.8 Å². The predicted octanol–water partition coefficient (Wildman–Crippen LogP) is 7.75. The van der Waals surface area contributed by atoms with Crippen LogP contribution in [-0.2, 0) is 37.0 Å². The Morgan fingerprint density at radius 2 is 2.00 bits per heavy atom. The van der Waals surface area contributed by atoms with Crippen LogP contribution in [0, 0.1) is 28.6 Å². The molecule has 5 rings (SSSR count). The van der Waals surface area contributed by atoms with E-state index < -0.39 is 0 Å². The third kappa shape index (κ3) is 5.71. The number of nitrogens with one attached hydrogen (secondary N) is 1. The topological polar surface area (TPSA) is 83.6 Å². The van der Waals surface area contributed by atoms with Crippen molar-refractivity contribution in [3.05, 3.63) is 31.8 Å². The molecule has 6 nitrogen and oxygen atoms in total. The molecule has 2 atom stereocenters. The van der Waals surface area contributed by atoms with Gasteiger partial charge in [-0.05, 0) is 73.3 Å². The first-order valence-electron chi connectivity index (χ1n) is 14.3. The van der Waals surface area contributed by atoms with Crippen molar-refractivity contribution in [2.75, 3.05) is 11.1 Å². The maximum Gasteiger partial charge on any atom is 0.235 e. The second-order valence-electron chi connectivity index (χ2n) is 11.8. The third-order valence-electron chi connectivity index (χ3n) is 8.79. The summed E-state index contributed by atoms with van der Waals surface area (Å²) >= 11 is 4.87. The van der Waals surface area contributed by atoms with Crippen LogP contribution in [0.25, 0.3) is 11.4 Å². The fraction of sp³-hybridized carbons (Fsp3) is 0.600. The van der Waals surface area contributed by atoms with Crippen molar-refractivity contribution in [3.63, 3.8) is 0 Å². The summed E-state index contributed by atoms with van der Waals surface area (Å²) in [6.45, 7) is 12.3. The summed E-state index contributed by atoms with van der Waals surface area (Å²) in [6, 6.07) is 2.39. The Kier molecular flexibility index (Phi) is 8.56. The van der Waals surface area contributed by atoms with Crippen molar-refractivity contribution < 1.29 is 4.79 Å². The smallest absolute Gasteiger partial charge is 0.235 e. The zero-order valence-electron chi connectivity index (χ0n) is 23.7. The number of hydrogen-bond donors (Lipinski definition) is 1. The van der Waals surface area contributed by atoms with Crippen LogP contribution in [0.3, 0.4) is 0 Å². The number of thiophene rings is 2. The van der Waals surface area contributed by atoms with E-state index in [4.69, 9.17) is 0 Å². The second kappa shape index (κ2) is 11.8. The average molecular weight is 582 g/mol. The number of anilines is 1. The van der Waals surface area contributed by atoms with Gasteiger partial charge in [0.15, 0.2) is 11.0 Å². The number of aromatic nitrogens is 3. The molecule has 2 aliphatic carbocycles. The normalized spacial score (nSPS) is 18.9. The molecule has 0 saturated carbocycles. The molecule has 208 valence electrons. The second-order valence-corrected chi connectivity index (χ2v) is 14.8. The zero-order chi connectivity index (χ0) is 27.7. The molecule has 3 aromatic rings. The molecule has 0 fully saturated rings. The molecule has 0 bridgehead atoms. The van der Waals surface area contributed by atoms with Crippen LogP contribution >= 0.6 is 34.4 Å². The van der Waals surface area contributed by atoms with E-state index in [9.17, 15) is 10.1 Å². The molecule has 2 unspecified atom stereocenters. The largest absolute Gasteiger partial charge is 0.316 e. The van der Waals surface area contributed by atoms with Gasteiger partial charge in [-0.15, -0.1) is 32.9 Å². The molecule has 39 heavy (non-hydrogen) atoms. The number of thioether (sulfide) groups is 1. The van der Waals surface area contributed by atoms with E-state index in [1.165, 1.54) is 39.1 Å². The van der Waals surface area contributed by atoms with Crippen LogP contribution < -0.4 is 5.32 Å². The first kappa shape index (κ1) is 28.4. The Labute approximate surface area is 244 Å². The van der Waals surface area contributed by atoms with Gasteiger partial charge < -0.3 is 9.88 Å². The van der Waals surface area contributed by atoms with Crippen LogP contribution in [0.5, 0.6) is 0 Å². The maximum absolute atomic E-state index is 13.1. The lowest BCUT2D eigenvalue weighted by molar-refractivity contribution is -0.113. The lowest BCUT2D eigenvalue weighted by Crippen LogP contribution is -2.28. The van der Waals surface area contributed by atoms with Crippen LogP contribution in [0.1, 0.15) is 86.7 Å². The quantitative estimate of drug-likeness (QED) is 0.261. The Bertz CT molecular complexity index is 1390. The van der Waals surface area contributed by atoms with Gasteiger partial charge in [-0.3, -0.25) is 4.79 Å². The van der Waals surface area contributed by atoms with E-state index in [1.54, 1.807) is 11.3 Å². The summed E-state index contributed by atoms with van der Waals surface area (Å²) in [5, 5.41) is 25.8. The number of carbonyl (C=O) groups excluding carboxylic acids is 1. The Balaban J connectivity index is 1.29.